The molecule has 0 radical (unpaired) electrons. The molecule has 33 heavy (non-hydrogen) atoms. The standard InChI is InChI=1S/C22H33N5O5S/c1-6-16-24-19-18(21(29)27(3)22(30)26(19)2)20(25-16)33-12-17(28)23-10-9-13-7-8-14(31-4)15(11-13)32-5/h7-8,11,16,18-20,24-25H,6,9-10,12H2,1-5H3,(H,23,28). The highest BCUT2D eigenvalue weighted by atomic mass is 32.2. The minimum absolute atomic E-state index is 0.0525. The number of rotatable bonds is 9. The summed E-state index contributed by atoms with van der Waals surface area (Å²) in [6.45, 7) is 2.50. The lowest BCUT2D eigenvalue weighted by Crippen LogP contribution is -2.74. The van der Waals surface area contributed by atoms with Crippen LogP contribution in [0.4, 0.5) is 4.79 Å². The Hall–Kier alpha value is -2.50. The van der Waals surface area contributed by atoms with E-state index < -0.39 is 12.1 Å². The summed E-state index contributed by atoms with van der Waals surface area (Å²) >= 11 is 1.39. The minimum atomic E-state index is -0.481. The molecular weight excluding hydrogens is 446 g/mol. The molecule has 3 rings (SSSR count). The van der Waals surface area contributed by atoms with Crippen molar-refractivity contribution in [2.45, 2.75) is 37.5 Å². The van der Waals surface area contributed by atoms with Gasteiger partial charge in [0, 0.05) is 20.6 Å². The van der Waals surface area contributed by atoms with Crippen LogP contribution in [0.1, 0.15) is 18.9 Å². The van der Waals surface area contributed by atoms with Gasteiger partial charge in [-0.1, -0.05) is 13.0 Å². The summed E-state index contributed by atoms with van der Waals surface area (Å²) in [5.41, 5.74) is 1.03. The second-order valence-corrected chi connectivity index (χ2v) is 9.21. The zero-order valence-electron chi connectivity index (χ0n) is 19.7. The quantitative estimate of drug-likeness (QED) is 0.477. The first-order valence-electron chi connectivity index (χ1n) is 11.0. The number of hydrogen-bond acceptors (Lipinski definition) is 8. The van der Waals surface area contributed by atoms with Crippen molar-refractivity contribution >= 4 is 29.6 Å². The summed E-state index contributed by atoms with van der Waals surface area (Å²) in [6, 6.07) is 5.35. The Morgan fingerprint density at radius 3 is 2.55 bits per heavy atom. The van der Waals surface area contributed by atoms with E-state index in [1.165, 1.54) is 18.8 Å². The van der Waals surface area contributed by atoms with Gasteiger partial charge in [-0.15, -0.1) is 11.8 Å². The van der Waals surface area contributed by atoms with Gasteiger partial charge < -0.3 is 19.7 Å². The fourth-order valence-electron chi connectivity index (χ4n) is 4.10. The van der Waals surface area contributed by atoms with E-state index in [2.05, 4.69) is 16.0 Å². The van der Waals surface area contributed by atoms with Gasteiger partial charge in [0.2, 0.25) is 11.8 Å². The van der Waals surface area contributed by atoms with Crippen molar-refractivity contribution < 1.29 is 23.9 Å². The fourth-order valence-corrected chi connectivity index (χ4v) is 5.27. The molecule has 2 fully saturated rings. The van der Waals surface area contributed by atoms with Crippen LogP contribution in [0.15, 0.2) is 18.2 Å². The van der Waals surface area contributed by atoms with E-state index in [4.69, 9.17) is 9.47 Å². The average molecular weight is 480 g/mol. The maximum atomic E-state index is 12.9. The van der Waals surface area contributed by atoms with Gasteiger partial charge in [0.25, 0.3) is 0 Å². The van der Waals surface area contributed by atoms with Gasteiger partial charge in [-0.3, -0.25) is 25.1 Å². The van der Waals surface area contributed by atoms with Crippen LogP contribution >= 0.6 is 11.8 Å². The number of nitrogens with zero attached hydrogens (tertiary/aromatic N) is 2. The molecule has 2 aliphatic rings. The van der Waals surface area contributed by atoms with Crippen LogP contribution in [-0.4, -0.2) is 86.0 Å². The van der Waals surface area contributed by atoms with Crippen LogP contribution < -0.4 is 25.4 Å². The molecule has 4 unspecified atom stereocenters. The molecule has 4 atom stereocenters. The highest BCUT2D eigenvalue weighted by Crippen LogP contribution is 2.31. The van der Waals surface area contributed by atoms with Crippen LogP contribution in [0.2, 0.25) is 0 Å². The predicted molar refractivity (Wildman–Crippen MR) is 126 cm³/mol. The van der Waals surface area contributed by atoms with Crippen molar-refractivity contribution in [2.75, 3.05) is 40.6 Å². The van der Waals surface area contributed by atoms with Crippen molar-refractivity contribution in [3.8, 4) is 11.5 Å². The lowest BCUT2D eigenvalue weighted by molar-refractivity contribution is -0.140. The number of hydrogen-bond donors (Lipinski definition) is 3. The average Bonchev–Trinajstić information content (AvgIpc) is 2.84. The summed E-state index contributed by atoms with van der Waals surface area (Å²) < 4.78 is 10.6. The van der Waals surface area contributed by atoms with E-state index in [-0.39, 0.29) is 35.1 Å². The van der Waals surface area contributed by atoms with E-state index in [0.29, 0.717) is 24.5 Å². The third-order valence-corrected chi connectivity index (χ3v) is 7.23. The SMILES string of the molecule is CCC1NC(SCC(=O)NCCc2ccc(OC)c(OC)c2)C2C(=O)N(C)C(=O)N(C)C2N1. The Morgan fingerprint density at radius 2 is 1.88 bits per heavy atom. The van der Waals surface area contributed by atoms with Crippen LogP contribution in [0.5, 0.6) is 11.5 Å². The number of fused-ring (bicyclic) bond motifs is 1. The van der Waals surface area contributed by atoms with E-state index in [0.717, 1.165) is 16.9 Å². The summed E-state index contributed by atoms with van der Waals surface area (Å²) in [5, 5.41) is 9.39. The zero-order valence-corrected chi connectivity index (χ0v) is 20.5. The van der Waals surface area contributed by atoms with Gasteiger partial charge in [-0.25, -0.2) is 4.79 Å². The molecule has 0 aromatic heterocycles. The van der Waals surface area contributed by atoms with E-state index in [9.17, 15) is 14.4 Å². The van der Waals surface area contributed by atoms with E-state index in [1.54, 1.807) is 26.2 Å². The maximum Gasteiger partial charge on any atom is 0.327 e. The molecule has 0 saturated carbocycles. The van der Waals surface area contributed by atoms with Crippen molar-refractivity contribution in [2.24, 2.45) is 5.92 Å². The summed E-state index contributed by atoms with van der Waals surface area (Å²) in [7, 11) is 6.36. The number of urea groups is 1. The van der Waals surface area contributed by atoms with E-state index in [1.807, 2.05) is 25.1 Å². The molecule has 2 aliphatic heterocycles. The monoisotopic (exact) mass is 479 g/mol. The lowest BCUT2D eigenvalue weighted by Gasteiger charge is -2.50. The Balaban J connectivity index is 1.55. The second kappa shape index (κ2) is 11.1. The van der Waals surface area contributed by atoms with Gasteiger partial charge in [-0.2, -0.15) is 0 Å². The third kappa shape index (κ3) is 5.53. The topological polar surface area (TPSA) is 112 Å². The van der Waals surface area contributed by atoms with E-state index >= 15 is 0 Å². The predicted octanol–water partition coefficient (Wildman–Crippen LogP) is 0.817. The normalized spacial score (nSPS) is 25.0. The van der Waals surface area contributed by atoms with Crippen LogP contribution in [0.25, 0.3) is 0 Å². The number of imide groups is 1. The molecule has 4 amide bonds. The lowest BCUT2D eigenvalue weighted by atomic mass is 9.97. The molecular formula is C22H33N5O5S. The second-order valence-electron chi connectivity index (χ2n) is 8.08. The Labute approximate surface area is 198 Å². The molecule has 1 aromatic rings. The number of nitrogens with one attached hydrogen (secondary N) is 3. The molecule has 0 bridgehead atoms. The van der Waals surface area contributed by atoms with Gasteiger partial charge in [0.1, 0.15) is 0 Å². The molecule has 182 valence electrons. The molecule has 0 spiro atoms. The van der Waals surface area contributed by atoms with Crippen molar-refractivity contribution in [3.05, 3.63) is 23.8 Å². The van der Waals surface area contributed by atoms with Crippen LogP contribution in [0.3, 0.4) is 0 Å². The van der Waals surface area contributed by atoms with Gasteiger partial charge in [0.05, 0.1) is 43.6 Å². The number of thioether (sulfide) groups is 1. The largest absolute Gasteiger partial charge is 0.493 e. The first kappa shape index (κ1) is 25.1. The number of methoxy groups -OCH3 is 2. The molecule has 1 aromatic carbocycles. The number of amides is 4. The zero-order chi connectivity index (χ0) is 24.1. The molecule has 0 aliphatic carbocycles. The van der Waals surface area contributed by atoms with Crippen LogP contribution in [-0.2, 0) is 16.0 Å². The Morgan fingerprint density at radius 1 is 1.15 bits per heavy atom. The number of carbonyl (C=O) groups excluding carboxylic acids is 3. The minimum Gasteiger partial charge on any atom is -0.493 e. The highest BCUT2D eigenvalue weighted by Gasteiger charge is 2.50. The fraction of sp³-hybridized carbons (Fsp3) is 0.591. The van der Waals surface area contributed by atoms with Gasteiger partial charge >= 0.3 is 6.03 Å². The number of benzene rings is 1. The van der Waals surface area contributed by atoms with Crippen LogP contribution in [0, 0.1) is 5.92 Å². The molecule has 11 heteroatoms. The van der Waals surface area contributed by atoms with Crippen molar-refractivity contribution in [3.63, 3.8) is 0 Å². The smallest absolute Gasteiger partial charge is 0.327 e. The first-order valence-corrected chi connectivity index (χ1v) is 12.0. The third-order valence-electron chi connectivity index (χ3n) is 6.01. The molecule has 2 saturated heterocycles. The maximum absolute atomic E-state index is 12.9. The summed E-state index contributed by atoms with van der Waals surface area (Å²) in [4.78, 5) is 40.4. The summed E-state index contributed by atoms with van der Waals surface area (Å²) in [5.74, 6) is 0.688. The van der Waals surface area contributed by atoms with Crippen molar-refractivity contribution in [1.82, 2.24) is 25.8 Å². The number of ether oxygens (including phenoxy) is 2. The Kier molecular flexibility index (Phi) is 8.44. The molecule has 10 nitrogen and oxygen atoms in total. The van der Waals surface area contributed by atoms with Crippen molar-refractivity contribution in [1.29, 1.82) is 0 Å². The van der Waals surface area contributed by atoms with Gasteiger partial charge in [0.15, 0.2) is 11.5 Å². The highest BCUT2D eigenvalue weighted by molar-refractivity contribution is 8.00. The Bertz CT molecular complexity index is 885. The molecule has 2 heterocycles. The van der Waals surface area contributed by atoms with Gasteiger partial charge in [-0.05, 0) is 30.5 Å². The summed E-state index contributed by atoms with van der Waals surface area (Å²) in [6.07, 6.45) is 0.978. The molecule has 3 N–H and O–H groups in total. The first-order chi connectivity index (χ1) is 15.8. The number of carbonyl (C=O) groups is 3.